The highest BCUT2D eigenvalue weighted by Gasteiger charge is 2.56. The molecule has 1 aromatic rings. The molecule has 0 radical (unpaired) electrons. The lowest BCUT2D eigenvalue weighted by Gasteiger charge is -2.52. The minimum absolute atomic E-state index is 0.138. The molecule has 2 atom stereocenters. The molecule has 112 valence electrons. The predicted octanol–water partition coefficient (Wildman–Crippen LogP) is 3.54. The van der Waals surface area contributed by atoms with Crippen molar-refractivity contribution in [1.29, 1.82) is 0 Å². The molecule has 0 aliphatic heterocycles. The van der Waals surface area contributed by atoms with Crippen molar-refractivity contribution in [2.75, 3.05) is 7.11 Å². The monoisotopic (exact) mass is 286 g/mol. The lowest BCUT2D eigenvalue weighted by atomic mass is 9.50. The average molecular weight is 286 g/mol. The first-order valence-electron chi connectivity index (χ1n) is 7.58. The van der Waals surface area contributed by atoms with Crippen LogP contribution in [-0.4, -0.2) is 18.7 Å². The third kappa shape index (κ3) is 1.86. The quantitative estimate of drug-likeness (QED) is 0.742. The van der Waals surface area contributed by atoms with E-state index in [2.05, 4.69) is 20.8 Å². The van der Waals surface area contributed by atoms with E-state index < -0.39 is 0 Å². The van der Waals surface area contributed by atoms with Gasteiger partial charge in [0, 0.05) is 16.9 Å². The summed E-state index contributed by atoms with van der Waals surface area (Å²) in [4.78, 5) is 25.2. The second-order valence-corrected chi connectivity index (χ2v) is 7.30. The van der Waals surface area contributed by atoms with Crippen molar-refractivity contribution in [1.82, 2.24) is 0 Å². The van der Waals surface area contributed by atoms with E-state index >= 15 is 0 Å². The van der Waals surface area contributed by atoms with Gasteiger partial charge in [0.15, 0.2) is 0 Å². The van der Waals surface area contributed by atoms with Crippen LogP contribution in [0.25, 0.3) is 0 Å². The number of hydrogen-bond acceptors (Lipinski definition) is 3. The Balaban J connectivity index is 2.26. The first kappa shape index (κ1) is 14.3. The third-order valence-electron chi connectivity index (χ3n) is 5.51. The molecule has 0 heterocycles. The number of ether oxygens (including phenoxy) is 1. The number of rotatable bonds is 1. The number of carbonyl (C=O) groups excluding carboxylic acids is 2. The van der Waals surface area contributed by atoms with Crippen molar-refractivity contribution >= 4 is 11.6 Å². The van der Waals surface area contributed by atoms with E-state index in [1.165, 1.54) is 0 Å². The summed E-state index contributed by atoms with van der Waals surface area (Å²) in [5.41, 5.74) is 1.15. The average Bonchev–Trinajstić information content (AvgIpc) is 2.43. The minimum atomic E-state index is -0.329. The van der Waals surface area contributed by atoms with Gasteiger partial charge in [-0.25, -0.2) is 0 Å². The molecule has 0 bridgehead atoms. The molecule has 0 saturated heterocycles. The van der Waals surface area contributed by atoms with Crippen LogP contribution < -0.4 is 4.74 Å². The topological polar surface area (TPSA) is 43.4 Å². The highest BCUT2D eigenvalue weighted by Crippen LogP contribution is 2.56. The number of ketones is 2. The number of fused-ring (bicyclic) bond motifs is 3. The Hall–Kier alpha value is -1.64. The Bertz CT molecular complexity index is 629. The molecule has 2 aliphatic carbocycles. The first-order valence-corrected chi connectivity index (χ1v) is 7.58. The van der Waals surface area contributed by atoms with Crippen LogP contribution in [0.2, 0.25) is 0 Å². The molecule has 0 N–H and O–H groups in total. The molecule has 1 saturated carbocycles. The van der Waals surface area contributed by atoms with Gasteiger partial charge in [-0.3, -0.25) is 9.59 Å². The van der Waals surface area contributed by atoms with Crippen LogP contribution in [0.4, 0.5) is 0 Å². The molecule has 0 amide bonds. The van der Waals surface area contributed by atoms with Gasteiger partial charge in [-0.15, -0.1) is 0 Å². The number of hydrogen-bond donors (Lipinski definition) is 0. The van der Waals surface area contributed by atoms with E-state index in [9.17, 15) is 9.59 Å². The van der Waals surface area contributed by atoms with E-state index in [0.29, 0.717) is 5.56 Å². The van der Waals surface area contributed by atoms with Crippen LogP contribution in [0.5, 0.6) is 5.75 Å². The summed E-state index contributed by atoms with van der Waals surface area (Å²) in [7, 11) is 1.63. The predicted molar refractivity (Wildman–Crippen MR) is 80.8 cm³/mol. The number of Topliss-reactive ketones (excluding diaryl/α,β-unsaturated/α-hetero) is 2. The zero-order valence-corrected chi connectivity index (χ0v) is 13.2. The van der Waals surface area contributed by atoms with E-state index in [4.69, 9.17) is 4.74 Å². The molecular weight excluding hydrogens is 264 g/mol. The molecule has 2 aliphatic rings. The molecule has 0 aromatic heterocycles. The van der Waals surface area contributed by atoms with Crippen LogP contribution >= 0.6 is 0 Å². The fourth-order valence-corrected chi connectivity index (χ4v) is 4.58. The van der Waals surface area contributed by atoms with Crippen molar-refractivity contribution in [2.24, 2.45) is 11.3 Å². The molecule has 0 spiro atoms. The van der Waals surface area contributed by atoms with Crippen LogP contribution in [0, 0.1) is 11.3 Å². The smallest absolute Gasteiger partial charge is 0.229 e. The summed E-state index contributed by atoms with van der Waals surface area (Å²) >= 11 is 0. The van der Waals surface area contributed by atoms with Gasteiger partial charge >= 0.3 is 0 Å². The van der Waals surface area contributed by atoms with Crippen molar-refractivity contribution in [2.45, 2.75) is 45.4 Å². The standard InChI is InChI=1S/C18H22O3/c1-17(2)8-5-9-18(3)13-10-11(21-4)6-7-12(13)14(19)15(20)16(17)18/h6-7,10,16H,5,8-9H2,1-4H3/t16-,18-/m1/s1. The molecule has 21 heavy (non-hydrogen) atoms. The highest BCUT2D eigenvalue weighted by molar-refractivity contribution is 6.46. The molecule has 0 unspecified atom stereocenters. The zero-order chi connectivity index (χ0) is 15.4. The fourth-order valence-electron chi connectivity index (χ4n) is 4.58. The van der Waals surface area contributed by atoms with Crippen LogP contribution in [0.3, 0.4) is 0 Å². The molecule has 1 aromatic carbocycles. The summed E-state index contributed by atoms with van der Waals surface area (Å²) in [5.74, 6) is -0.0184. The Kier molecular flexibility index (Phi) is 3.01. The normalized spacial score (nSPS) is 30.6. The van der Waals surface area contributed by atoms with E-state index in [-0.39, 0.29) is 28.3 Å². The minimum Gasteiger partial charge on any atom is -0.497 e. The SMILES string of the molecule is COc1ccc2c(c1)[C@@]1(C)CCCC(C)(C)[C@H]1C(=O)C2=O. The second kappa shape index (κ2) is 4.43. The molecule has 1 fully saturated rings. The largest absolute Gasteiger partial charge is 0.497 e. The van der Waals surface area contributed by atoms with Gasteiger partial charge in [-0.05, 0) is 42.0 Å². The van der Waals surface area contributed by atoms with Crippen molar-refractivity contribution < 1.29 is 14.3 Å². The second-order valence-electron chi connectivity index (χ2n) is 7.30. The van der Waals surface area contributed by atoms with Gasteiger partial charge in [-0.1, -0.05) is 27.2 Å². The maximum atomic E-state index is 12.7. The van der Waals surface area contributed by atoms with Crippen molar-refractivity contribution in [3.8, 4) is 5.75 Å². The maximum Gasteiger partial charge on any atom is 0.229 e. The molecule has 3 nitrogen and oxygen atoms in total. The highest BCUT2D eigenvalue weighted by atomic mass is 16.5. The van der Waals surface area contributed by atoms with Crippen molar-refractivity contribution in [3.63, 3.8) is 0 Å². The van der Waals surface area contributed by atoms with E-state index in [0.717, 1.165) is 30.6 Å². The first-order chi connectivity index (χ1) is 9.81. The number of methoxy groups -OCH3 is 1. The summed E-state index contributed by atoms with van der Waals surface area (Å²) in [5, 5.41) is 0. The summed E-state index contributed by atoms with van der Waals surface area (Å²) in [6, 6.07) is 5.47. The lowest BCUT2D eigenvalue weighted by Crippen LogP contribution is -2.54. The molecule has 3 heteroatoms. The Morgan fingerprint density at radius 3 is 2.52 bits per heavy atom. The van der Waals surface area contributed by atoms with Gasteiger partial charge in [0.05, 0.1) is 7.11 Å². The summed E-state index contributed by atoms with van der Waals surface area (Å²) in [6.07, 6.45) is 3.02. The lowest BCUT2D eigenvalue weighted by molar-refractivity contribution is -0.128. The Morgan fingerprint density at radius 2 is 1.86 bits per heavy atom. The molecule has 3 rings (SSSR count). The van der Waals surface area contributed by atoms with Crippen LogP contribution in [0.15, 0.2) is 18.2 Å². The van der Waals surface area contributed by atoms with E-state index in [1.54, 1.807) is 19.2 Å². The van der Waals surface area contributed by atoms with Gasteiger partial charge in [-0.2, -0.15) is 0 Å². The van der Waals surface area contributed by atoms with Gasteiger partial charge in [0.1, 0.15) is 5.75 Å². The number of carbonyl (C=O) groups is 2. The Morgan fingerprint density at radius 1 is 1.14 bits per heavy atom. The summed E-state index contributed by atoms with van der Waals surface area (Å²) in [6.45, 7) is 6.37. The van der Waals surface area contributed by atoms with Crippen LogP contribution in [0.1, 0.15) is 56.0 Å². The molecular formula is C18H22O3. The van der Waals surface area contributed by atoms with Crippen molar-refractivity contribution in [3.05, 3.63) is 29.3 Å². The fraction of sp³-hybridized carbons (Fsp3) is 0.556. The van der Waals surface area contributed by atoms with Gasteiger partial charge in [0.25, 0.3) is 0 Å². The Labute approximate surface area is 125 Å². The summed E-state index contributed by atoms with van der Waals surface area (Å²) < 4.78 is 5.32. The van der Waals surface area contributed by atoms with E-state index in [1.807, 2.05) is 6.07 Å². The van der Waals surface area contributed by atoms with Gasteiger partial charge in [0.2, 0.25) is 11.6 Å². The maximum absolute atomic E-state index is 12.7. The number of benzene rings is 1. The van der Waals surface area contributed by atoms with Crippen LogP contribution in [-0.2, 0) is 10.2 Å². The third-order valence-corrected chi connectivity index (χ3v) is 5.51. The van der Waals surface area contributed by atoms with Gasteiger partial charge < -0.3 is 4.74 Å². The zero-order valence-electron chi connectivity index (χ0n) is 13.2.